The van der Waals surface area contributed by atoms with Gasteiger partial charge in [-0.2, -0.15) is 13.2 Å². The van der Waals surface area contributed by atoms with Crippen LogP contribution in [0, 0.1) is 5.41 Å². The van der Waals surface area contributed by atoms with Crippen LogP contribution < -0.4 is 0 Å². The molecule has 1 atom stereocenters. The Labute approximate surface area is 165 Å². The highest BCUT2D eigenvalue weighted by atomic mass is 19.4. The molecule has 2 aliphatic rings. The highest BCUT2D eigenvalue weighted by Crippen LogP contribution is 2.38. The van der Waals surface area contributed by atoms with Gasteiger partial charge < -0.3 is 9.64 Å². The Kier molecular flexibility index (Phi) is 6.57. The van der Waals surface area contributed by atoms with Crippen molar-refractivity contribution in [2.24, 2.45) is 5.41 Å². The van der Waals surface area contributed by atoms with Gasteiger partial charge in [0, 0.05) is 39.3 Å². The normalized spacial score (nSPS) is 22.5. The van der Waals surface area contributed by atoms with E-state index in [1.165, 1.54) is 18.7 Å². The molecule has 162 valence electrons. The largest absolute Gasteiger partial charge is 0.444 e. The summed E-state index contributed by atoms with van der Waals surface area (Å²) in [5, 5.41) is 0. The molecule has 9 heteroatoms. The Morgan fingerprint density at radius 2 is 1.54 bits per heavy atom. The maximum Gasteiger partial charge on any atom is 0.410 e. The molecule has 0 N–H and O–H groups in total. The van der Waals surface area contributed by atoms with Gasteiger partial charge in [0.1, 0.15) is 11.6 Å². The molecular weight excluding hydrogens is 375 g/mol. The van der Waals surface area contributed by atoms with E-state index in [0.717, 1.165) is 6.42 Å². The summed E-state index contributed by atoms with van der Waals surface area (Å²) in [7, 11) is 0. The summed E-state index contributed by atoms with van der Waals surface area (Å²) >= 11 is 0. The highest BCUT2D eigenvalue weighted by Gasteiger charge is 2.48. The molecule has 2 saturated heterocycles. The maximum atomic E-state index is 13.1. The van der Waals surface area contributed by atoms with Gasteiger partial charge in [0.05, 0.1) is 5.41 Å². The fourth-order valence-corrected chi connectivity index (χ4v) is 3.55. The second kappa shape index (κ2) is 8.08. The van der Waals surface area contributed by atoms with Crippen molar-refractivity contribution < 1.29 is 27.5 Å². The lowest BCUT2D eigenvalue weighted by molar-refractivity contribution is -0.217. The Hall–Kier alpha value is -1.51. The lowest BCUT2D eigenvalue weighted by atomic mass is 9.91. The molecule has 0 radical (unpaired) electrons. The van der Waals surface area contributed by atoms with Crippen LogP contribution in [0.5, 0.6) is 0 Å². The van der Waals surface area contributed by atoms with Crippen LogP contribution in [0.3, 0.4) is 0 Å². The van der Waals surface area contributed by atoms with E-state index in [0.29, 0.717) is 39.1 Å². The minimum Gasteiger partial charge on any atom is -0.444 e. The van der Waals surface area contributed by atoms with Gasteiger partial charge in [0.25, 0.3) is 0 Å². The molecule has 0 aromatic heterocycles. The zero-order valence-corrected chi connectivity index (χ0v) is 17.4. The van der Waals surface area contributed by atoms with E-state index in [4.69, 9.17) is 4.74 Å². The highest BCUT2D eigenvalue weighted by molar-refractivity contribution is 5.86. The summed E-state index contributed by atoms with van der Waals surface area (Å²) in [5.41, 5.74) is -2.43. The number of hydrogen-bond acceptors (Lipinski definition) is 4. The molecule has 0 bridgehead atoms. The Balaban J connectivity index is 1.91. The van der Waals surface area contributed by atoms with Crippen molar-refractivity contribution >= 4 is 12.0 Å². The van der Waals surface area contributed by atoms with E-state index in [1.54, 1.807) is 30.6 Å². The molecule has 0 aromatic carbocycles. The van der Waals surface area contributed by atoms with E-state index < -0.39 is 29.3 Å². The van der Waals surface area contributed by atoms with E-state index in [1.807, 2.05) is 0 Å². The van der Waals surface area contributed by atoms with Crippen molar-refractivity contribution in [3.05, 3.63) is 0 Å². The van der Waals surface area contributed by atoms with Crippen molar-refractivity contribution in [3.63, 3.8) is 0 Å². The van der Waals surface area contributed by atoms with Crippen LogP contribution >= 0.6 is 0 Å². The van der Waals surface area contributed by atoms with Crippen molar-refractivity contribution in [2.45, 2.75) is 65.3 Å². The monoisotopic (exact) mass is 407 g/mol. The van der Waals surface area contributed by atoms with Crippen molar-refractivity contribution in [3.8, 4) is 0 Å². The third-order valence-corrected chi connectivity index (χ3v) is 5.24. The van der Waals surface area contributed by atoms with Crippen molar-refractivity contribution in [2.75, 3.05) is 39.3 Å². The molecule has 0 aliphatic carbocycles. The molecule has 2 fully saturated rings. The van der Waals surface area contributed by atoms with Crippen LogP contribution in [0.2, 0.25) is 0 Å². The van der Waals surface area contributed by atoms with Crippen molar-refractivity contribution in [1.29, 1.82) is 0 Å². The Morgan fingerprint density at radius 1 is 0.964 bits per heavy atom. The molecule has 0 unspecified atom stereocenters. The number of likely N-dealkylation sites (tertiary alicyclic amines) is 1. The fourth-order valence-electron chi connectivity index (χ4n) is 3.55. The first-order valence-electron chi connectivity index (χ1n) is 9.79. The standard InChI is InChI=1S/C19H32F3N3O3/c1-17(2,3)28-16(27)25-8-6-7-14(25)15(26)24-11-9-23(10-12-24)13-18(4,5)19(20,21)22/h14H,6-13H2,1-5H3/t14-/m0/s1. The number of carbonyl (C=O) groups is 2. The summed E-state index contributed by atoms with van der Waals surface area (Å²) in [6.07, 6.45) is -3.44. The van der Waals surface area contributed by atoms with Gasteiger partial charge in [-0.15, -0.1) is 0 Å². The van der Waals surface area contributed by atoms with Crippen LogP contribution in [0.4, 0.5) is 18.0 Å². The molecule has 2 heterocycles. The molecule has 2 amide bonds. The average Bonchev–Trinajstić information content (AvgIpc) is 3.01. The predicted octanol–water partition coefficient (Wildman–Crippen LogP) is 3.12. The summed E-state index contributed by atoms with van der Waals surface area (Å²) in [6, 6.07) is -0.548. The Morgan fingerprint density at radius 3 is 2.04 bits per heavy atom. The molecular formula is C19H32F3N3O3. The quantitative estimate of drug-likeness (QED) is 0.721. The van der Waals surface area contributed by atoms with Gasteiger partial charge in [0.2, 0.25) is 5.91 Å². The van der Waals surface area contributed by atoms with Crippen LogP contribution in [-0.4, -0.2) is 83.8 Å². The number of carbonyl (C=O) groups excluding carboxylic acids is 2. The smallest absolute Gasteiger partial charge is 0.410 e. The van der Waals surface area contributed by atoms with E-state index in [-0.39, 0.29) is 12.5 Å². The number of nitrogens with zero attached hydrogens (tertiary/aromatic N) is 3. The van der Waals surface area contributed by atoms with Gasteiger partial charge >= 0.3 is 12.3 Å². The number of ether oxygens (including phenoxy) is 1. The minimum atomic E-state index is -4.27. The average molecular weight is 407 g/mol. The molecule has 0 spiro atoms. The molecule has 0 saturated carbocycles. The van der Waals surface area contributed by atoms with E-state index in [9.17, 15) is 22.8 Å². The number of amides is 2. The topological polar surface area (TPSA) is 53.1 Å². The van der Waals surface area contributed by atoms with E-state index >= 15 is 0 Å². The summed E-state index contributed by atoms with van der Waals surface area (Å²) < 4.78 is 44.7. The maximum absolute atomic E-state index is 13.1. The minimum absolute atomic E-state index is 0.0913. The van der Waals surface area contributed by atoms with Gasteiger partial charge in [-0.05, 0) is 47.5 Å². The molecule has 2 aliphatic heterocycles. The second-order valence-electron chi connectivity index (χ2n) is 9.31. The number of piperazine rings is 1. The first kappa shape index (κ1) is 22.8. The lowest BCUT2D eigenvalue weighted by Crippen LogP contribution is -2.56. The molecule has 0 aromatic rings. The third-order valence-electron chi connectivity index (χ3n) is 5.24. The first-order chi connectivity index (χ1) is 12.7. The first-order valence-corrected chi connectivity index (χ1v) is 9.79. The molecule has 6 nitrogen and oxygen atoms in total. The van der Waals surface area contributed by atoms with Crippen LogP contribution in [-0.2, 0) is 9.53 Å². The SMILES string of the molecule is CC(C)(C)OC(=O)N1CCC[C@H]1C(=O)N1CCN(CC(C)(C)C(F)(F)F)CC1. The second-order valence-corrected chi connectivity index (χ2v) is 9.31. The van der Waals surface area contributed by atoms with Gasteiger partial charge in [-0.3, -0.25) is 14.6 Å². The molecule has 28 heavy (non-hydrogen) atoms. The van der Waals surface area contributed by atoms with Gasteiger partial charge in [-0.1, -0.05) is 0 Å². The third kappa shape index (κ3) is 5.52. The van der Waals surface area contributed by atoms with Crippen LogP contribution in [0.25, 0.3) is 0 Å². The Bertz CT molecular complexity index is 579. The number of alkyl halides is 3. The number of hydrogen-bond donors (Lipinski definition) is 0. The predicted molar refractivity (Wildman–Crippen MR) is 98.8 cm³/mol. The fraction of sp³-hybridized carbons (Fsp3) is 0.895. The zero-order chi connectivity index (χ0) is 21.3. The van der Waals surface area contributed by atoms with Gasteiger partial charge in [-0.25, -0.2) is 4.79 Å². The lowest BCUT2D eigenvalue weighted by Gasteiger charge is -2.40. The zero-order valence-electron chi connectivity index (χ0n) is 17.4. The van der Waals surface area contributed by atoms with Crippen LogP contribution in [0.1, 0.15) is 47.5 Å². The van der Waals surface area contributed by atoms with Crippen molar-refractivity contribution in [1.82, 2.24) is 14.7 Å². The van der Waals surface area contributed by atoms with Gasteiger partial charge in [0.15, 0.2) is 0 Å². The summed E-state index contributed by atoms with van der Waals surface area (Å²) in [4.78, 5) is 30.2. The number of rotatable bonds is 3. The molecule has 2 rings (SSSR count). The summed E-state index contributed by atoms with van der Waals surface area (Å²) in [6.45, 7) is 9.63. The summed E-state index contributed by atoms with van der Waals surface area (Å²) in [5.74, 6) is -0.141. The van der Waals surface area contributed by atoms with E-state index in [2.05, 4.69) is 0 Å². The number of halogens is 3. The van der Waals surface area contributed by atoms with Crippen LogP contribution in [0.15, 0.2) is 0 Å².